The van der Waals surface area contributed by atoms with Crippen LogP contribution in [0.15, 0.2) is 59.1 Å². The van der Waals surface area contributed by atoms with Gasteiger partial charge < -0.3 is 5.32 Å². The van der Waals surface area contributed by atoms with Crippen LogP contribution < -0.4 is 5.32 Å². The first kappa shape index (κ1) is 14.8. The van der Waals surface area contributed by atoms with Crippen LogP contribution in [0.3, 0.4) is 0 Å². The maximum Gasteiger partial charge on any atom is 0.273 e. The number of halogens is 2. The van der Waals surface area contributed by atoms with Crippen LogP contribution in [0.4, 0.5) is 5.69 Å². The average molecular weight is 377 g/mol. The molecule has 3 aromatic rings. The number of rotatable bonds is 3. The second-order valence-electron chi connectivity index (χ2n) is 4.63. The summed E-state index contributed by atoms with van der Waals surface area (Å²) in [5.41, 5.74) is 2.72. The van der Waals surface area contributed by atoms with Crippen molar-refractivity contribution < 1.29 is 4.79 Å². The fourth-order valence-electron chi connectivity index (χ4n) is 1.94. The Morgan fingerprint density at radius 3 is 2.45 bits per heavy atom. The van der Waals surface area contributed by atoms with Gasteiger partial charge in [0.15, 0.2) is 0 Å². The average Bonchev–Trinajstić information content (AvgIpc) is 3.00. The predicted octanol–water partition coefficient (Wildman–Crippen LogP) is 4.74. The van der Waals surface area contributed by atoms with Gasteiger partial charge >= 0.3 is 0 Å². The van der Waals surface area contributed by atoms with Gasteiger partial charge in [-0.15, -0.1) is 0 Å². The molecule has 2 N–H and O–H groups in total. The summed E-state index contributed by atoms with van der Waals surface area (Å²) >= 11 is 9.20. The molecule has 22 heavy (non-hydrogen) atoms. The van der Waals surface area contributed by atoms with E-state index >= 15 is 0 Å². The number of aromatic amines is 1. The maximum absolute atomic E-state index is 12.2. The van der Waals surface area contributed by atoms with Crippen LogP contribution >= 0.6 is 27.5 Å². The molecule has 1 heterocycles. The zero-order valence-electron chi connectivity index (χ0n) is 11.3. The smallest absolute Gasteiger partial charge is 0.273 e. The lowest BCUT2D eigenvalue weighted by atomic mass is 10.1. The fraction of sp³-hybridized carbons (Fsp3) is 0. The molecule has 0 fully saturated rings. The van der Waals surface area contributed by atoms with Gasteiger partial charge in [-0.2, -0.15) is 5.10 Å². The van der Waals surface area contributed by atoms with E-state index in [-0.39, 0.29) is 5.91 Å². The summed E-state index contributed by atoms with van der Waals surface area (Å²) in [6, 6.07) is 16.4. The highest BCUT2D eigenvalue weighted by molar-refractivity contribution is 9.10. The van der Waals surface area contributed by atoms with Crippen molar-refractivity contribution in [3.05, 3.63) is 69.8 Å². The SMILES string of the molecule is O=C(Nc1ccc(Cl)cc1)c1cc(-c2ccc(Br)cc2)n[nH]1. The van der Waals surface area contributed by atoms with E-state index in [1.165, 1.54) is 0 Å². The Morgan fingerprint density at radius 2 is 1.77 bits per heavy atom. The second kappa shape index (κ2) is 6.34. The molecule has 0 unspecified atom stereocenters. The zero-order chi connectivity index (χ0) is 15.5. The van der Waals surface area contributed by atoms with Gasteiger partial charge in [-0.25, -0.2) is 0 Å². The number of anilines is 1. The Labute approximate surface area is 140 Å². The molecule has 0 radical (unpaired) electrons. The molecule has 0 aliphatic heterocycles. The highest BCUT2D eigenvalue weighted by Gasteiger charge is 2.11. The lowest BCUT2D eigenvalue weighted by Gasteiger charge is -2.02. The molecule has 0 saturated carbocycles. The van der Waals surface area contributed by atoms with Crippen molar-refractivity contribution in [2.75, 3.05) is 5.32 Å². The summed E-state index contributed by atoms with van der Waals surface area (Å²) in [5, 5.41) is 10.3. The molecule has 2 aromatic carbocycles. The minimum Gasteiger partial charge on any atom is -0.321 e. The van der Waals surface area contributed by atoms with E-state index in [0.717, 1.165) is 10.0 Å². The largest absolute Gasteiger partial charge is 0.321 e. The number of nitrogens with one attached hydrogen (secondary N) is 2. The van der Waals surface area contributed by atoms with Crippen LogP contribution in [0.25, 0.3) is 11.3 Å². The Morgan fingerprint density at radius 1 is 1.09 bits per heavy atom. The molecule has 0 bridgehead atoms. The van der Waals surface area contributed by atoms with Crippen molar-refractivity contribution in [2.24, 2.45) is 0 Å². The summed E-state index contributed by atoms with van der Waals surface area (Å²) in [6.45, 7) is 0. The minimum absolute atomic E-state index is 0.252. The van der Waals surface area contributed by atoms with Crippen LogP contribution in [0, 0.1) is 0 Å². The molecular formula is C16H11BrClN3O. The van der Waals surface area contributed by atoms with Crippen molar-refractivity contribution in [3.63, 3.8) is 0 Å². The Balaban J connectivity index is 1.76. The van der Waals surface area contributed by atoms with Crippen LogP contribution in [0.5, 0.6) is 0 Å². The van der Waals surface area contributed by atoms with E-state index in [4.69, 9.17) is 11.6 Å². The maximum atomic E-state index is 12.2. The first-order chi connectivity index (χ1) is 10.6. The quantitative estimate of drug-likeness (QED) is 0.693. The number of nitrogens with zero attached hydrogens (tertiary/aromatic N) is 1. The summed E-state index contributed by atoms with van der Waals surface area (Å²) in [6.07, 6.45) is 0. The molecule has 1 amide bonds. The van der Waals surface area contributed by atoms with Gasteiger partial charge in [0.25, 0.3) is 5.91 Å². The third-order valence-electron chi connectivity index (χ3n) is 3.06. The van der Waals surface area contributed by atoms with E-state index in [1.54, 1.807) is 30.3 Å². The highest BCUT2D eigenvalue weighted by Crippen LogP contribution is 2.21. The van der Waals surface area contributed by atoms with Crippen molar-refractivity contribution in [3.8, 4) is 11.3 Å². The van der Waals surface area contributed by atoms with Crippen molar-refractivity contribution in [1.29, 1.82) is 0 Å². The van der Waals surface area contributed by atoms with Gasteiger partial charge in [0.05, 0.1) is 5.69 Å². The lowest BCUT2D eigenvalue weighted by Crippen LogP contribution is -2.12. The van der Waals surface area contributed by atoms with Crippen LogP contribution in [0.1, 0.15) is 10.5 Å². The Hall–Kier alpha value is -2.11. The van der Waals surface area contributed by atoms with Crippen LogP contribution in [-0.4, -0.2) is 16.1 Å². The number of amides is 1. The highest BCUT2D eigenvalue weighted by atomic mass is 79.9. The third kappa shape index (κ3) is 3.37. The molecule has 4 nitrogen and oxygen atoms in total. The number of hydrogen-bond donors (Lipinski definition) is 2. The summed E-state index contributed by atoms with van der Waals surface area (Å²) < 4.78 is 0.993. The van der Waals surface area contributed by atoms with Gasteiger partial charge in [0, 0.05) is 20.7 Å². The van der Waals surface area contributed by atoms with E-state index in [2.05, 4.69) is 31.4 Å². The second-order valence-corrected chi connectivity index (χ2v) is 5.99. The Kier molecular flexibility index (Phi) is 4.27. The molecule has 6 heteroatoms. The normalized spacial score (nSPS) is 10.5. The van der Waals surface area contributed by atoms with Gasteiger partial charge in [0.2, 0.25) is 0 Å². The van der Waals surface area contributed by atoms with Crippen LogP contribution in [0.2, 0.25) is 5.02 Å². The van der Waals surface area contributed by atoms with E-state index in [0.29, 0.717) is 22.1 Å². The number of benzene rings is 2. The van der Waals surface area contributed by atoms with Crippen LogP contribution in [-0.2, 0) is 0 Å². The van der Waals surface area contributed by atoms with Gasteiger partial charge in [-0.05, 0) is 42.5 Å². The Bertz CT molecular complexity index is 797. The monoisotopic (exact) mass is 375 g/mol. The van der Waals surface area contributed by atoms with Crippen molar-refractivity contribution in [1.82, 2.24) is 10.2 Å². The third-order valence-corrected chi connectivity index (χ3v) is 3.85. The van der Waals surface area contributed by atoms with E-state index in [9.17, 15) is 4.79 Å². The molecule has 3 rings (SSSR count). The van der Waals surface area contributed by atoms with Gasteiger partial charge in [-0.1, -0.05) is 39.7 Å². The van der Waals surface area contributed by atoms with Crippen molar-refractivity contribution in [2.45, 2.75) is 0 Å². The molecule has 0 atom stereocenters. The molecule has 0 aliphatic carbocycles. The standard InChI is InChI=1S/C16H11BrClN3O/c17-11-3-1-10(2-4-11)14-9-15(21-20-14)16(22)19-13-7-5-12(18)6-8-13/h1-9H,(H,19,22)(H,20,21). The number of H-pyrrole nitrogens is 1. The number of hydrogen-bond acceptors (Lipinski definition) is 2. The van der Waals surface area contributed by atoms with Gasteiger partial charge in [-0.3, -0.25) is 9.89 Å². The fourth-order valence-corrected chi connectivity index (χ4v) is 2.33. The molecule has 110 valence electrons. The lowest BCUT2D eigenvalue weighted by molar-refractivity contribution is 0.102. The first-order valence-electron chi connectivity index (χ1n) is 6.50. The molecular weight excluding hydrogens is 366 g/mol. The predicted molar refractivity (Wildman–Crippen MR) is 91.1 cm³/mol. The molecule has 0 saturated heterocycles. The summed E-state index contributed by atoms with van der Waals surface area (Å²) in [5.74, 6) is -0.252. The van der Waals surface area contributed by atoms with E-state index in [1.807, 2.05) is 24.3 Å². The van der Waals surface area contributed by atoms with Crippen molar-refractivity contribution >= 4 is 39.1 Å². The minimum atomic E-state index is -0.252. The van der Waals surface area contributed by atoms with E-state index < -0.39 is 0 Å². The van der Waals surface area contributed by atoms with Gasteiger partial charge in [0.1, 0.15) is 5.69 Å². The number of carbonyl (C=O) groups is 1. The summed E-state index contributed by atoms with van der Waals surface area (Å²) in [7, 11) is 0. The number of carbonyl (C=O) groups excluding carboxylic acids is 1. The molecule has 1 aromatic heterocycles. The topological polar surface area (TPSA) is 57.8 Å². The molecule has 0 aliphatic rings. The molecule has 0 spiro atoms. The summed E-state index contributed by atoms with van der Waals surface area (Å²) in [4.78, 5) is 12.2. The number of aromatic nitrogens is 2. The zero-order valence-corrected chi connectivity index (χ0v) is 13.6. The first-order valence-corrected chi connectivity index (χ1v) is 7.67.